The van der Waals surface area contributed by atoms with Crippen LogP contribution in [0.5, 0.6) is 5.75 Å². The molecule has 11 nitrogen and oxygen atoms in total. The van der Waals surface area contributed by atoms with Crippen LogP contribution in [0.3, 0.4) is 0 Å². The van der Waals surface area contributed by atoms with Gasteiger partial charge in [-0.15, -0.1) is 0 Å². The fourth-order valence-electron chi connectivity index (χ4n) is 2.96. The number of nitrogens with two attached hydrogens (primary N) is 1. The maximum atomic E-state index is 13.6. The van der Waals surface area contributed by atoms with Crippen LogP contribution in [-0.2, 0) is 25.3 Å². The molecule has 0 unspecified atom stereocenters. The number of rotatable bonds is 11. The van der Waals surface area contributed by atoms with Crippen LogP contribution in [0.1, 0.15) is 33.5 Å². The fraction of sp³-hybridized carbons (Fsp3) is 0.429. The van der Waals surface area contributed by atoms with Crippen LogP contribution >= 0.6 is 7.52 Å². The average Bonchev–Trinajstić information content (AvgIpc) is 3.22. The quantitative estimate of drug-likeness (QED) is 0.278. The number of ether oxygens (including phenoxy) is 2. The number of carbonyl (C=O) groups is 1. The number of nitrogens with zero attached hydrogens (tertiary/aromatic N) is 3. The molecule has 12 heteroatoms. The van der Waals surface area contributed by atoms with Crippen LogP contribution in [0.15, 0.2) is 36.7 Å². The third-order valence-electron chi connectivity index (χ3n) is 4.45. The van der Waals surface area contributed by atoms with E-state index in [0.717, 1.165) is 0 Å². The number of aromatic amines is 1. The minimum atomic E-state index is -3.65. The number of para-hydroxylation sites is 1. The Bertz CT molecular complexity index is 1120. The molecule has 2 aromatic heterocycles. The van der Waals surface area contributed by atoms with E-state index in [1.807, 2.05) is 6.07 Å². The van der Waals surface area contributed by atoms with Crippen molar-refractivity contribution in [2.24, 2.45) is 0 Å². The van der Waals surface area contributed by atoms with Crippen molar-refractivity contribution >= 4 is 30.5 Å². The van der Waals surface area contributed by atoms with E-state index >= 15 is 0 Å². The van der Waals surface area contributed by atoms with E-state index in [2.05, 4.69) is 25.0 Å². The van der Waals surface area contributed by atoms with Gasteiger partial charge in [-0.25, -0.2) is 20.0 Å². The van der Waals surface area contributed by atoms with E-state index < -0.39 is 25.6 Å². The van der Waals surface area contributed by atoms with E-state index in [1.165, 1.54) is 6.33 Å². The predicted octanol–water partition coefficient (Wildman–Crippen LogP) is 3.04. The number of nitrogen functional groups attached to an aromatic ring is 1. The number of benzene rings is 1. The molecular weight excluding hydrogens is 447 g/mol. The smallest absolute Gasteiger partial charge is 0.342 e. The maximum Gasteiger partial charge on any atom is 0.342 e. The Kier molecular flexibility index (Phi) is 8.01. The van der Waals surface area contributed by atoms with Gasteiger partial charge >= 0.3 is 13.5 Å². The summed E-state index contributed by atoms with van der Waals surface area (Å²) in [5, 5.41) is 2.76. The molecule has 178 valence electrons. The van der Waals surface area contributed by atoms with Crippen molar-refractivity contribution in [3.05, 3.63) is 42.5 Å². The lowest BCUT2D eigenvalue weighted by molar-refractivity contribution is -0.149. The second-order valence-electron chi connectivity index (χ2n) is 7.85. The first-order valence-corrected chi connectivity index (χ1v) is 12.4. The van der Waals surface area contributed by atoms with Gasteiger partial charge in [-0.1, -0.05) is 18.2 Å². The minimum absolute atomic E-state index is 0.289. The number of imidazole rings is 1. The van der Waals surface area contributed by atoms with Gasteiger partial charge in [0.15, 0.2) is 11.5 Å². The number of nitrogens with one attached hydrogen (secondary N) is 2. The van der Waals surface area contributed by atoms with Gasteiger partial charge in [-0.2, -0.15) is 0 Å². The highest BCUT2D eigenvalue weighted by atomic mass is 31.2. The molecule has 33 heavy (non-hydrogen) atoms. The second-order valence-corrected chi connectivity index (χ2v) is 9.90. The van der Waals surface area contributed by atoms with Crippen molar-refractivity contribution in [3.63, 3.8) is 0 Å². The van der Waals surface area contributed by atoms with Crippen LogP contribution in [0, 0.1) is 0 Å². The average molecular weight is 476 g/mol. The number of hydrogen-bond acceptors (Lipinski definition) is 9. The number of esters is 1. The van der Waals surface area contributed by atoms with Gasteiger partial charge in [-0.3, -0.25) is 9.36 Å². The summed E-state index contributed by atoms with van der Waals surface area (Å²) in [5.74, 6) is 0.581. The number of fused-ring (bicyclic) bond motifs is 1. The van der Waals surface area contributed by atoms with Crippen LogP contribution in [-0.4, -0.2) is 50.5 Å². The highest BCUT2D eigenvalue weighted by Gasteiger charge is 2.32. The van der Waals surface area contributed by atoms with Gasteiger partial charge in [0.05, 0.1) is 18.5 Å². The van der Waals surface area contributed by atoms with Gasteiger partial charge in [0, 0.05) is 6.42 Å². The predicted molar refractivity (Wildman–Crippen MR) is 124 cm³/mol. The molecule has 0 aliphatic carbocycles. The minimum Gasteiger partial charge on any atom is -0.462 e. The van der Waals surface area contributed by atoms with Crippen LogP contribution in [0.2, 0.25) is 0 Å². The summed E-state index contributed by atoms with van der Waals surface area (Å²) in [7, 11) is -3.65. The van der Waals surface area contributed by atoms with Crippen LogP contribution < -0.4 is 15.3 Å². The maximum absolute atomic E-state index is 13.6. The fourth-order valence-corrected chi connectivity index (χ4v) is 4.75. The molecule has 0 saturated heterocycles. The summed E-state index contributed by atoms with van der Waals surface area (Å²) in [6.45, 7) is 6.83. The van der Waals surface area contributed by atoms with Crippen LogP contribution in [0.25, 0.3) is 11.2 Å². The van der Waals surface area contributed by atoms with Crippen molar-refractivity contribution in [2.45, 2.75) is 52.4 Å². The summed E-state index contributed by atoms with van der Waals surface area (Å²) in [4.78, 5) is 27.8. The summed E-state index contributed by atoms with van der Waals surface area (Å²) in [6.07, 6.45) is 0.791. The second kappa shape index (κ2) is 10.7. The zero-order valence-corrected chi connectivity index (χ0v) is 19.9. The molecular formula is C21H29N6O5P. The molecule has 3 rings (SSSR count). The molecule has 0 saturated carbocycles. The summed E-state index contributed by atoms with van der Waals surface area (Å²) < 4.78 is 30.4. The molecule has 0 fully saturated rings. The third kappa shape index (κ3) is 6.98. The van der Waals surface area contributed by atoms with Gasteiger partial charge in [0.25, 0.3) is 0 Å². The first-order valence-electron chi connectivity index (χ1n) is 10.5. The molecule has 0 aliphatic rings. The van der Waals surface area contributed by atoms with Gasteiger partial charge < -0.3 is 24.7 Å². The van der Waals surface area contributed by atoms with Gasteiger partial charge in [-0.05, 0) is 39.8 Å². The third-order valence-corrected chi connectivity index (χ3v) is 6.23. The van der Waals surface area contributed by atoms with Crippen LogP contribution in [0.4, 0.5) is 5.82 Å². The lowest BCUT2D eigenvalue weighted by Gasteiger charge is -2.25. The Morgan fingerprint density at radius 1 is 1.18 bits per heavy atom. The van der Waals surface area contributed by atoms with E-state index in [4.69, 9.17) is 19.7 Å². The Morgan fingerprint density at radius 2 is 1.91 bits per heavy atom. The molecule has 3 atom stereocenters. The number of H-pyrrole nitrogens is 1. The highest BCUT2D eigenvalue weighted by molar-refractivity contribution is 7.57. The largest absolute Gasteiger partial charge is 0.462 e. The molecule has 2 heterocycles. The Balaban J connectivity index is 1.68. The number of carbonyl (C=O) groups excluding carboxylic acids is 1. The molecule has 1 aromatic carbocycles. The number of aromatic nitrogens is 4. The van der Waals surface area contributed by atoms with E-state index in [9.17, 15) is 9.36 Å². The zero-order valence-electron chi connectivity index (χ0n) is 19.0. The summed E-state index contributed by atoms with van der Waals surface area (Å²) in [6, 6.07) is 7.80. The molecule has 4 N–H and O–H groups in total. The first-order chi connectivity index (χ1) is 15.6. The van der Waals surface area contributed by atoms with Crippen molar-refractivity contribution < 1.29 is 23.4 Å². The molecule has 0 spiro atoms. The molecule has 0 radical (unpaired) electrons. The standard InChI is InChI=1S/C21H29N6O5P/c1-13(2)31-21(28)15(4)27-33(29,32-16-8-6-5-7-9-16)12-30-14(3)10-17-25-19(22)18-20(26-17)24-11-23-18/h5-9,11,13-15H,10,12H2,1-4H3,(H,27,29)(H3,22,23,24,25,26)/t14-,15+,33+/m1/s1. The SMILES string of the molecule is CC(C)OC(=O)[C@H](C)N[P@](=O)(CO[C@H](C)Cc1nc(N)c2[nH]cnc2n1)Oc1ccccc1. The monoisotopic (exact) mass is 476 g/mol. The van der Waals surface area contributed by atoms with E-state index in [-0.39, 0.29) is 18.3 Å². The number of hydrogen-bond donors (Lipinski definition) is 3. The lowest BCUT2D eigenvalue weighted by atomic mass is 10.2. The highest BCUT2D eigenvalue weighted by Crippen LogP contribution is 2.44. The Morgan fingerprint density at radius 3 is 2.61 bits per heavy atom. The molecule has 0 amide bonds. The normalized spacial score (nSPS) is 15.2. The summed E-state index contributed by atoms with van der Waals surface area (Å²) >= 11 is 0. The first kappa shape index (κ1) is 24.6. The zero-order chi connectivity index (χ0) is 24.0. The molecule has 0 aliphatic heterocycles. The number of anilines is 1. The Labute approximate surface area is 192 Å². The van der Waals surface area contributed by atoms with Crippen molar-refractivity contribution in [2.75, 3.05) is 12.1 Å². The van der Waals surface area contributed by atoms with E-state index in [0.29, 0.717) is 29.2 Å². The van der Waals surface area contributed by atoms with Gasteiger partial charge in [0.2, 0.25) is 0 Å². The lowest BCUT2D eigenvalue weighted by Crippen LogP contribution is -2.37. The Hall–Kier alpha value is -3.01. The summed E-state index contributed by atoms with van der Waals surface area (Å²) in [5.41, 5.74) is 6.97. The van der Waals surface area contributed by atoms with Crippen molar-refractivity contribution in [1.29, 1.82) is 0 Å². The van der Waals surface area contributed by atoms with Gasteiger partial charge in [0.1, 0.15) is 29.5 Å². The van der Waals surface area contributed by atoms with Crippen molar-refractivity contribution in [3.8, 4) is 5.75 Å². The molecule has 0 bridgehead atoms. The molecule has 3 aromatic rings. The topological polar surface area (TPSA) is 154 Å². The van der Waals surface area contributed by atoms with E-state index in [1.54, 1.807) is 52.0 Å². The van der Waals surface area contributed by atoms with Crippen molar-refractivity contribution in [1.82, 2.24) is 25.0 Å².